The van der Waals surface area contributed by atoms with Crippen molar-refractivity contribution in [2.45, 2.75) is 38.8 Å². The molecule has 0 radical (unpaired) electrons. The summed E-state index contributed by atoms with van der Waals surface area (Å²) in [6.45, 7) is 7.47. The molecule has 1 aromatic rings. The van der Waals surface area contributed by atoms with Crippen LogP contribution in [0, 0.1) is 5.92 Å². The van der Waals surface area contributed by atoms with Crippen LogP contribution in [0.3, 0.4) is 0 Å². The van der Waals surface area contributed by atoms with Crippen molar-refractivity contribution in [1.82, 2.24) is 9.80 Å². The van der Waals surface area contributed by atoms with Gasteiger partial charge in [-0.1, -0.05) is 30.3 Å². The zero-order valence-corrected chi connectivity index (χ0v) is 14.2. The monoisotopic (exact) mass is 319 g/mol. The fourth-order valence-electron chi connectivity index (χ4n) is 3.24. The highest BCUT2D eigenvalue weighted by molar-refractivity contribution is 5.65. The van der Waals surface area contributed by atoms with E-state index in [0.717, 1.165) is 31.5 Å². The van der Waals surface area contributed by atoms with E-state index in [-0.39, 0.29) is 6.04 Å². The third-order valence-corrected chi connectivity index (χ3v) is 4.77. The minimum atomic E-state index is -0.873. The van der Waals surface area contributed by atoms with E-state index in [9.17, 15) is 9.90 Å². The van der Waals surface area contributed by atoms with Gasteiger partial charge in [0.2, 0.25) is 0 Å². The average Bonchev–Trinajstić information content (AvgIpc) is 2.55. The van der Waals surface area contributed by atoms with Crippen LogP contribution in [0.15, 0.2) is 30.3 Å². The summed E-state index contributed by atoms with van der Waals surface area (Å²) < 4.78 is 0. The van der Waals surface area contributed by atoms with Gasteiger partial charge in [-0.15, -0.1) is 0 Å². The first kappa shape index (κ1) is 17.8. The van der Waals surface area contributed by atoms with Crippen LogP contribution >= 0.6 is 0 Å². The SMILES string of the molecule is CC(C)N1CCC(CN(CC(N)c2ccccc2)C(=O)O)CC1. The Morgan fingerprint density at radius 2 is 1.91 bits per heavy atom. The number of nitrogens with zero attached hydrogens (tertiary/aromatic N) is 2. The van der Waals surface area contributed by atoms with Gasteiger partial charge in [-0.25, -0.2) is 4.79 Å². The van der Waals surface area contributed by atoms with Gasteiger partial charge in [0.05, 0.1) is 0 Å². The molecule has 1 amide bonds. The smallest absolute Gasteiger partial charge is 0.407 e. The van der Waals surface area contributed by atoms with E-state index in [1.165, 1.54) is 4.90 Å². The van der Waals surface area contributed by atoms with Crippen LogP contribution in [0.5, 0.6) is 0 Å². The standard InChI is InChI=1S/C18H29N3O2/c1-14(2)20-10-8-15(9-11-20)12-21(18(22)23)13-17(19)16-6-4-3-5-7-16/h3-7,14-15,17H,8-13,19H2,1-2H3,(H,22,23). The van der Waals surface area contributed by atoms with E-state index >= 15 is 0 Å². The molecule has 3 N–H and O–H groups in total. The minimum Gasteiger partial charge on any atom is -0.465 e. The fraction of sp³-hybridized carbons (Fsp3) is 0.611. The molecule has 1 heterocycles. The van der Waals surface area contributed by atoms with Crippen molar-refractivity contribution in [3.63, 3.8) is 0 Å². The van der Waals surface area contributed by atoms with Crippen LogP contribution in [-0.4, -0.2) is 53.2 Å². The Morgan fingerprint density at radius 1 is 1.30 bits per heavy atom. The highest BCUT2D eigenvalue weighted by Crippen LogP contribution is 2.21. The van der Waals surface area contributed by atoms with Crippen molar-refractivity contribution >= 4 is 6.09 Å². The first-order valence-electron chi connectivity index (χ1n) is 8.49. The van der Waals surface area contributed by atoms with Gasteiger partial charge in [0, 0.05) is 25.2 Å². The summed E-state index contributed by atoms with van der Waals surface area (Å²) in [5.74, 6) is 0.434. The topological polar surface area (TPSA) is 69.8 Å². The Kier molecular flexibility index (Phi) is 6.42. The lowest BCUT2D eigenvalue weighted by atomic mass is 9.95. The molecule has 1 atom stereocenters. The summed E-state index contributed by atoms with van der Waals surface area (Å²) in [6, 6.07) is 10.00. The number of benzene rings is 1. The normalized spacial score (nSPS) is 18.1. The first-order chi connectivity index (χ1) is 11.0. The number of hydrogen-bond donors (Lipinski definition) is 2. The Labute approximate surface area is 139 Å². The van der Waals surface area contributed by atoms with Crippen molar-refractivity contribution in [2.75, 3.05) is 26.2 Å². The van der Waals surface area contributed by atoms with Crippen molar-refractivity contribution in [3.05, 3.63) is 35.9 Å². The molecule has 1 fully saturated rings. The number of amides is 1. The van der Waals surface area contributed by atoms with E-state index < -0.39 is 6.09 Å². The maximum absolute atomic E-state index is 11.6. The minimum absolute atomic E-state index is 0.275. The van der Waals surface area contributed by atoms with Crippen LogP contribution in [0.2, 0.25) is 0 Å². The molecule has 1 aliphatic heterocycles. The zero-order valence-electron chi connectivity index (χ0n) is 14.2. The van der Waals surface area contributed by atoms with Crippen molar-refractivity contribution in [3.8, 4) is 0 Å². The Bertz CT molecular complexity index is 484. The Morgan fingerprint density at radius 3 is 2.43 bits per heavy atom. The molecule has 2 rings (SSSR count). The van der Waals surface area contributed by atoms with E-state index in [2.05, 4.69) is 18.7 Å². The highest BCUT2D eigenvalue weighted by Gasteiger charge is 2.25. The summed E-state index contributed by atoms with van der Waals surface area (Å²) in [6.07, 6.45) is 1.24. The summed E-state index contributed by atoms with van der Waals surface area (Å²) in [4.78, 5) is 15.5. The molecule has 1 saturated heterocycles. The second kappa shape index (κ2) is 8.31. The molecular formula is C18H29N3O2. The third-order valence-electron chi connectivity index (χ3n) is 4.77. The lowest BCUT2D eigenvalue weighted by Crippen LogP contribution is -2.44. The molecule has 1 aliphatic rings. The van der Waals surface area contributed by atoms with Gasteiger partial charge in [-0.2, -0.15) is 0 Å². The number of piperidine rings is 1. The van der Waals surface area contributed by atoms with Gasteiger partial charge in [0.25, 0.3) is 0 Å². The molecule has 23 heavy (non-hydrogen) atoms. The lowest BCUT2D eigenvalue weighted by Gasteiger charge is -2.36. The molecule has 0 aliphatic carbocycles. The second-order valence-electron chi connectivity index (χ2n) is 6.78. The van der Waals surface area contributed by atoms with E-state index in [1.807, 2.05) is 30.3 Å². The van der Waals surface area contributed by atoms with Gasteiger partial charge in [0.15, 0.2) is 0 Å². The molecular weight excluding hydrogens is 290 g/mol. The van der Waals surface area contributed by atoms with Crippen molar-refractivity contribution in [1.29, 1.82) is 0 Å². The van der Waals surface area contributed by atoms with E-state index in [1.54, 1.807) is 0 Å². The second-order valence-corrected chi connectivity index (χ2v) is 6.78. The van der Waals surface area contributed by atoms with Gasteiger partial charge >= 0.3 is 6.09 Å². The number of hydrogen-bond acceptors (Lipinski definition) is 3. The lowest BCUT2D eigenvalue weighted by molar-refractivity contribution is 0.105. The van der Waals surface area contributed by atoms with Gasteiger partial charge in [-0.05, 0) is 51.3 Å². The van der Waals surface area contributed by atoms with Gasteiger partial charge < -0.3 is 20.6 Å². The summed E-state index contributed by atoms with van der Waals surface area (Å²) in [5, 5.41) is 9.50. The maximum atomic E-state index is 11.6. The van der Waals surface area contributed by atoms with Crippen LogP contribution in [-0.2, 0) is 0 Å². The van der Waals surface area contributed by atoms with Gasteiger partial charge in [-0.3, -0.25) is 0 Å². The van der Waals surface area contributed by atoms with Gasteiger partial charge in [0.1, 0.15) is 0 Å². The molecule has 0 bridgehead atoms. The largest absolute Gasteiger partial charge is 0.465 e. The molecule has 5 nitrogen and oxygen atoms in total. The van der Waals surface area contributed by atoms with Crippen LogP contribution < -0.4 is 5.73 Å². The predicted molar refractivity (Wildman–Crippen MR) is 92.4 cm³/mol. The summed E-state index contributed by atoms with van der Waals surface area (Å²) >= 11 is 0. The quantitative estimate of drug-likeness (QED) is 0.846. The molecule has 5 heteroatoms. The highest BCUT2D eigenvalue weighted by atomic mass is 16.4. The maximum Gasteiger partial charge on any atom is 0.407 e. The number of nitrogens with two attached hydrogens (primary N) is 1. The van der Waals surface area contributed by atoms with Crippen molar-refractivity contribution < 1.29 is 9.90 Å². The number of likely N-dealkylation sites (tertiary alicyclic amines) is 1. The average molecular weight is 319 g/mol. The number of rotatable bonds is 6. The zero-order chi connectivity index (χ0) is 16.8. The molecule has 0 saturated carbocycles. The van der Waals surface area contributed by atoms with Crippen LogP contribution in [0.4, 0.5) is 4.79 Å². The molecule has 1 unspecified atom stereocenters. The predicted octanol–water partition coefficient (Wildman–Crippen LogP) is 2.79. The summed E-state index contributed by atoms with van der Waals surface area (Å²) in [5.41, 5.74) is 7.17. The van der Waals surface area contributed by atoms with Crippen LogP contribution in [0.25, 0.3) is 0 Å². The molecule has 0 aromatic heterocycles. The Balaban J connectivity index is 1.88. The van der Waals surface area contributed by atoms with E-state index in [4.69, 9.17) is 5.73 Å². The number of carboxylic acid groups (broad SMARTS) is 1. The molecule has 0 spiro atoms. The Hall–Kier alpha value is -1.59. The van der Waals surface area contributed by atoms with Crippen LogP contribution in [0.1, 0.15) is 38.3 Å². The third kappa shape index (κ3) is 5.22. The fourth-order valence-corrected chi connectivity index (χ4v) is 3.24. The van der Waals surface area contributed by atoms with E-state index in [0.29, 0.717) is 25.0 Å². The van der Waals surface area contributed by atoms with Crippen molar-refractivity contribution in [2.24, 2.45) is 11.7 Å². The first-order valence-corrected chi connectivity index (χ1v) is 8.49. The number of carbonyl (C=O) groups is 1. The molecule has 1 aromatic carbocycles. The molecule has 128 valence electrons. The summed E-state index contributed by atoms with van der Waals surface area (Å²) in [7, 11) is 0.